The molecule has 15 aromatic carbocycles. The monoisotopic (exact) mass is 1280 g/mol. The van der Waals surface area contributed by atoms with Gasteiger partial charge in [0.05, 0.1) is 22.4 Å². The van der Waals surface area contributed by atoms with Crippen LogP contribution in [-0.4, -0.2) is 11.3 Å². The molecule has 3 nitrogen and oxygen atoms in total. The van der Waals surface area contributed by atoms with Crippen molar-refractivity contribution in [1.82, 2.24) is 4.57 Å². The number of nitrogens with zero attached hydrogens (tertiary/aromatic N) is 3. The standard InChI is InChI=1S/C96H78BN3/c1-94(2,3)67-48-53-85(79(56-67)62-27-12-10-13-28-62)99-87-55-66(92-77-38-20-18-36-75(77)91(76-37-19-21-39-78(76)92)65-45-43-64(44-46-65)72-40-26-32-61-31-16-17-33-71(61)72)47-51-81(87)97-82-52-50-70(98-83-41-24-22-34-73(83)74-35-23-25-42-84(74)98)60-88(82)100(90-59-69(96(7,8)9)58-89(99)93(90)97)86-54-49-68(95(4,5)6)57-80(86)63-29-14-11-15-30-63/h10-60H,1-9H3. The molecule has 0 saturated carbocycles. The van der Waals surface area contributed by atoms with E-state index in [4.69, 9.17) is 0 Å². The molecule has 0 atom stereocenters. The largest absolute Gasteiger partial charge is 0.311 e. The Morgan fingerprint density at radius 3 is 1.16 bits per heavy atom. The topological polar surface area (TPSA) is 11.4 Å². The molecular formula is C96H78BN3. The second-order valence-electron chi connectivity index (χ2n) is 30.8. The van der Waals surface area contributed by atoms with Gasteiger partial charge in [0, 0.05) is 50.3 Å². The van der Waals surface area contributed by atoms with Gasteiger partial charge in [0.1, 0.15) is 0 Å². The zero-order chi connectivity index (χ0) is 67.9. The van der Waals surface area contributed by atoms with Crippen LogP contribution in [0.5, 0.6) is 0 Å². The third kappa shape index (κ3) is 9.85. The van der Waals surface area contributed by atoms with Crippen molar-refractivity contribution in [2.45, 2.75) is 78.6 Å². The first-order chi connectivity index (χ1) is 48.5. The van der Waals surface area contributed by atoms with Gasteiger partial charge in [-0.2, -0.15) is 0 Å². The number of benzene rings is 15. The summed E-state index contributed by atoms with van der Waals surface area (Å²) in [6, 6.07) is 118. The molecule has 100 heavy (non-hydrogen) atoms. The lowest BCUT2D eigenvalue weighted by Crippen LogP contribution is -2.61. The van der Waals surface area contributed by atoms with Gasteiger partial charge >= 0.3 is 0 Å². The Morgan fingerprint density at radius 1 is 0.250 bits per heavy atom. The van der Waals surface area contributed by atoms with E-state index in [1.54, 1.807) is 0 Å². The lowest BCUT2D eigenvalue weighted by molar-refractivity contribution is 0.590. The van der Waals surface area contributed by atoms with Crippen molar-refractivity contribution in [2.75, 3.05) is 9.80 Å². The van der Waals surface area contributed by atoms with E-state index in [0.29, 0.717) is 0 Å². The highest BCUT2D eigenvalue weighted by Crippen LogP contribution is 2.53. The van der Waals surface area contributed by atoms with Gasteiger partial charge in [0.15, 0.2) is 0 Å². The van der Waals surface area contributed by atoms with Crippen LogP contribution in [0.15, 0.2) is 309 Å². The van der Waals surface area contributed by atoms with E-state index in [1.807, 2.05) is 0 Å². The summed E-state index contributed by atoms with van der Waals surface area (Å²) in [6.45, 7) is 21.0. The van der Waals surface area contributed by atoms with Crippen LogP contribution in [0.1, 0.15) is 79.0 Å². The Labute approximate surface area is 588 Å². The van der Waals surface area contributed by atoms with Gasteiger partial charge < -0.3 is 14.4 Å². The number of aromatic nitrogens is 1. The first-order valence-corrected chi connectivity index (χ1v) is 35.5. The number of hydrogen-bond donors (Lipinski definition) is 0. The van der Waals surface area contributed by atoms with Crippen LogP contribution in [0.25, 0.3) is 115 Å². The van der Waals surface area contributed by atoms with Crippen molar-refractivity contribution < 1.29 is 0 Å². The van der Waals surface area contributed by atoms with E-state index < -0.39 is 0 Å². The van der Waals surface area contributed by atoms with Gasteiger partial charge in [-0.3, -0.25) is 0 Å². The maximum Gasteiger partial charge on any atom is 0.252 e. The van der Waals surface area contributed by atoms with E-state index in [9.17, 15) is 0 Å². The first kappa shape index (κ1) is 60.9. The molecule has 0 unspecified atom stereocenters. The summed E-state index contributed by atoms with van der Waals surface area (Å²) in [5.74, 6) is 0. The van der Waals surface area contributed by atoms with Crippen molar-refractivity contribution in [1.29, 1.82) is 0 Å². The molecule has 0 aliphatic carbocycles. The summed E-state index contributed by atoms with van der Waals surface area (Å²) < 4.78 is 2.49. The Hall–Kier alpha value is -11.5. The van der Waals surface area contributed by atoms with Crippen molar-refractivity contribution in [3.8, 4) is 61.3 Å². The van der Waals surface area contributed by atoms with E-state index in [1.165, 1.54) is 160 Å². The van der Waals surface area contributed by atoms with Gasteiger partial charge in [-0.15, -0.1) is 0 Å². The third-order valence-corrected chi connectivity index (χ3v) is 21.6. The predicted octanol–water partition coefficient (Wildman–Crippen LogP) is 24.6. The number of rotatable bonds is 8. The van der Waals surface area contributed by atoms with Crippen LogP contribution in [0.3, 0.4) is 0 Å². The molecule has 0 saturated heterocycles. The zero-order valence-corrected chi connectivity index (χ0v) is 58.4. The summed E-state index contributed by atoms with van der Waals surface area (Å²) in [4.78, 5) is 5.35. The molecule has 2 aliphatic heterocycles. The van der Waals surface area contributed by atoms with Gasteiger partial charge in [-0.05, 0) is 193 Å². The van der Waals surface area contributed by atoms with Gasteiger partial charge in [-0.1, -0.05) is 305 Å². The average Bonchev–Trinajstić information content (AvgIpc) is 0.765. The number of hydrogen-bond acceptors (Lipinski definition) is 2. The van der Waals surface area contributed by atoms with E-state index in [2.05, 4.69) is 386 Å². The van der Waals surface area contributed by atoms with E-state index in [-0.39, 0.29) is 23.0 Å². The lowest BCUT2D eigenvalue weighted by atomic mass is 9.33. The molecule has 0 spiro atoms. The smallest absolute Gasteiger partial charge is 0.252 e. The molecule has 3 heterocycles. The molecule has 0 radical (unpaired) electrons. The first-order valence-electron chi connectivity index (χ1n) is 35.5. The highest BCUT2D eigenvalue weighted by Gasteiger charge is 2.46. The molecule has 0 amide bonds. The van der Waals surface area contributed by atoms with Crippen molar-refractivity contribution in [3.05, 3.63) is 326 Å². The normalized spacial score (nSPS) is 13.0. The molecule has 18 rings (SSSR count). The number of fused-ring (bicyclic) bond motifs is 10. The summed E-state index contributed by atoms with van der Waals surface area (Å²) in [5.41, 5.74) is 29.7. The predicted molar refractivity (Wildman–Crippen MR) is 431 cm³/mol. The van der Waals surface area contributed by atoms with Crippen molar-refractivity contribution in [3.63, 3.8) is 0 Å². The van der Waals surface area contributed by atoms with Gasteiger partial charge in [-0.25, -0.2) is 0 Å². The van der Waals surface area contributed by atoms with Crippen LogP contribution in [0.2, 0.25) is 0 Å². The minimum Gasteiger partial charge on any atom is -0.311 e. The fourth-order valence-corrected chi connectivity index (χ4v) is 16.6. The summed E-state index contributed by atoms with van der Waals surface area (Å²) in [7, 11) is 0. The Morgan fingerprint density at radius 2 is 0.650 bits per heavy atom. The van der Waals surface area contributed by atoms with Crippen LogP contribution in [-0.2, 0) is 16.2 Å². The molecule has 16 aromatic rings. The highest BCUT2D eigenvalue weighted by molar-refractivity contribution is 7.00. The maximum atomic E-state index is 2.69. The third-order valence-electron chi connectivity index (χ3n) is 21.6. The van der Waals surface area contributed by atoms with Gasteiger partial charge in [0.2, 0.25) is 0 Å². The quantitative estimate of drug-likeness (QED) is 0.111. The van der Waals surface area contributed by atoms with Crippen LogP contribution in [0.4, 0.5) is 34.1 Å². The minimum atomic E-state index is -0.266. The summed E-state index contributed by atoms with van der Waals surface area (Å²) in [6.07, 6.45) is 0. The minimum absolute atomic E-state index is 0.101. The van der Waals surface area contributed by atoms with Gasteiger partial charge in [0.25, 0.3) is 6.71 Å². The molecule has 0 bridgehead atoms. The van der Waals surface area contributed by atoms with Crippen LogP contribution >= 0.6 is 0 Å². The summed E-state index contributed by atoms with van der Waals surface area (Å²) >= 11 is 0. The molecule has 0 N–H and O–H groups in total. The fourth-order valence-electron chi connectivity index (χ4n) is 16.6. The molecule has 2 aliphatic rings. The van der Waals surface area contributed by atoms with Crippen LogP contribution in [0, 0.1) is 0 Å². The SMILES string of the molecule is CC(C)(C)c1ccc(N2c3cc(-c4c5ccccc5c(-c5ccc(-c6cccc7ccccc67)cc5)c5ccccc45)ccc3B3c4ccc(-n5c6ccccc6c6ccccc65)cc4N(c4ccc(C(C)(C)C)cc4-c4ccccc4)c4cc(C(C)(C)C)cc2c43)c(-c2ccccc2)c1. The Bertz CT molecular complexity index is 5860. The Kier molecular flexibility index (Phi) is 14.1. The van der Waals surface area contributed by atoms with E-state index >= 15 is 0 Å². The molecule has 1 aromatic heterocycles. The molecular weight excluding hydrogens is 1210 g/mol. The molecule has 4 heteroatoms. The molecule has 480 valence electrons. The highest BCUT2D eigenvalue weighted by atomic mass is 15.2. The fraction of sp³-hybridized carbons (Fsp3) is 0.125. The van der Waals surface area contributed by atoms with Crippen molar-refractivity contribution in [2.24, 2.45) is 0 Å². The summed E-state index contributed by atoms with van der Waals surface area (Å²) in [5, 5.41) is 9.88. The second-order valence-corrected chi connectivity index (χ2v) is 30.8. The van der Waals surface area contributed by atoms with Crippen molar-refractivity contribution >= 4 is 111 Å². The van der Waals surface area contributed by atoms with Crippen LogP contribution < -0.4 is 26.2 Å². The molecule has 0 fully saturated rings. The maximum absolute atomic E-state index is 2.69. The average molecular weight is 1280 g/mol. The lowest BCUT2D eigenvalue weighted by Gasteiger charge is -2.46. The number of para-hydroxylation sites is 2. The number of anilines is 6. The zero-order valence-electron chi connectivity index (χ0n) is 58.4. The second kappa shape index (κ2) is 23.1. The Balaban J connectivity index is 0.935. The van der Waals surface area contributed by atoms with E-state index in [0.717, 1.165) is 22.7 Å².